The van der Waals surface area contributed by atoms with E-state index in [0.29, 0.717) is 6.54 Å². The molecular weight excluding hydrogens is 276 g/mol. The zero-order valence-electron chi connectivity index (χ0n) is 13.3. The van der Waals surface area contributed by atoms with Gasteiger partial charge in [-0.15, -0.1) is 0 Å². The molecule has 0 unspecified atom stereocenters. The van der Waals surface area contributed by atoms with Gasteiger partial charge in [0.15, 0.2) is 5.96 Å². The fourth-order valence-electron chi connectivity index (χ4n) is 2.24. The Kier molecular flexibility index (Phi) is 6.64. The minimum absolute atomic E-state index is 0.645. The van der Waals surface area contributed by atoms with Gasteiger partial charge in [-0.2, -0.15) is 0 Å². The van der Waals surface area contributed by atoms with Crippen molar-refractivity contribution in [1.29, 1.82) is 0 Å². The molecule has 0 radical (unpaired) electrons. The van der Waals surface area contributed by atoms with Crippen LogP contribution in [0.2, 0.25) is 0 Å². The number of nitrogens with one attached hydrogen (secondary N) is 2. The summed E-state index contributed by atoms with van der Waals surface area (Å²) in [4.78, 5) is 8.70. The second-order valence-electron chi connectivity index (χ2n) is 4.88. The van der Waals surface area contributed by atoms with E-state index >= 15 is 0 Å². The van der Waals surface area contributed by atoms with E-state index in [2.05, 4.69) is 32.7 Å². The highest BCUT2D eigenvalue weighted by atomic mass is 16.5. The number of fused-ring (bicyclic) bond motifs is 1. The lowest BCUT2D eigenvalue weighted by Crippen LogP contribution is -2.37. The lowest BCUT2D eigenvalue weighted by molar-refractivity contribution is 0.145. The summed E-state index contributed by atoms with van der Waals surface area (Å²) in [5.74, 6) is 0.784. The number of aromatic nitrogens is 1. The Labute approximate surface area is 131 Å². The van der Waals surface area contributed by atoms with Gasteiger partial charge in [-0.1, -0.05) is 24.3 Å². The molecule has 5 heteroatoms. The predicted octanol–water partition coefficient (Wildman–Crippen LogP) is 2.33. The van der Waals surface area contributed by atoms with E-state index in [1.807, 2.05) is 31.3 Å². The van der Waals surface area contributed by atoms with Crippen molar-refractivity contribution in [2.45, 2.75) is 19.9 Å². The fourth-order valence-corrected chi connectivity index (χ4v) is 2.24. The number of rotatable bonds is 7. The van der Waals surface area contributed by atoms with Crippen molar-refractivity contribution in [3.05, 3.63) is 42.2 Å². The molecule has 5 nitrogen and oxygen atoms in total. The third-order valence-electron chi connectivity index (χ3n) is 3.37. The monoisotopic (exact) mass is 300 g/mol. The van der Waals surface area contributed by atoms with Gasteiger partial charge in [-0.25, -0.2) is 0 Å². The van der Waals surface area contributed by atoms with Crippen LogP contribution in [0.1, 0.15) is 19.0 Å². The summed E-state index contributed by atoms with van der Waals surface area (Å²) in [6, 6.07) is 10.3. The molecule has 0 amide bonds. The van der Waals surface area contributed by atoms with E-state index in [0.717, 1.165) is 37.8 Å². The molecule has 2 aromatic rings. The molecule has 0 bridgehead atoms. The van der Waals surface area contributed by atoms with Crippen LogP contribution in [0.5, 0.6) is 0 Å². The highest BCUT2D eigenvalue weighted by molar-refractivity contribution is 5.85. The normalized spacial score (nSPS) is 11.6. The van der Waals surface area contributed by atoms with Crippen LogP contribution < -0.4 is 10.6 Å². The van der Waals surface area contributed by atoms with Gasteiger partial charge in [0.2, 0.25) is 0 Å². The first kappa shape index (κ1) is 16.2. The molecule has 0 fully saturated rings. The second-order valence-corrected chi connectivity index (χ2v) is 4.88. The number of guanidine groups is 1. The number of pyridine rings is 1. The highest BCUT2D eigenvalue weighted by Gasteiger charge is 2.03. The lowest BCUT2D eigenvalue weighted by Gasteiger charge is -2.12. The smallest absolute Gasteiger partial charge is 0.191 e. The van der Waals surface area contributed by atoms with Crippen LogP contribution in [-0.4, -0.2) is 37.7 Å². The first-order chi connectivity index (χ1) is 10.8. The predicted molar refractivity (Wildman–Crippen MR) is 91.1 cm³/mol. The molecule has 0 saturated heterocycles. The van der Waals surface area contributed by atoms with Gasteiger partial charge in [0.05, 0.1) is 12.2 Å². The zero-order valence-corrected chi connectivity index (χ0v) is 13.3. The van der Waals surface area contributed by atoms with E-state index in [1.165, 1.54) is 10.8 Å². The Morgan fingerprint density at radius 2 is 2.09 bits per heavy atom. The summed E-state index contributed by atoms with van der Waals surface area (Å²) in [6.07, 6.45) is 2.80. The maximum absolute atomic E-state index is 5.32. The molecule has 0 aliphatic carbocycles. The third kappa shape index (κ3) is 4.70. The van der Waals surface area contributed by atoms with Crippen molar-refractivity contribution in [3.63, 3.8) is 0 Å². The fraction of sp³-hybridized carbons (Fsp3) is 0.412. The summed E-state index contributed by atoms with van der Waals surface area (Å²) < 4.78 is 5.32. The molecule has 1 aromatic carbocycles. The van der Waals surface area contributed by atoms with Crippen LogP contribution >= 0.6 is 0 Å². The minimum atomic E-state index is 0.645. The quantitative estimate of drug-likeness (QED) is 0.468. The van der Waals surface area contributed by atoms with Crippen LogP contribution in [-0.2, 0) is 11.3 Å². The number of hydrogen-bond acceptors (Lipinski definition) is 3. The van der Waals surface area contributed by atoms with E-state index < -0.39 is 0 Å². The SMILES string of the molecule is CCOCCCNC(=NC)NCc1nccc2ccccc12. The van der Waals surface area contributed by atoms with Gasteiger partial charge in [-0.3, -0.25) is 9.98 Å². The van der Waals surface area contributed by atoms with Crippen LogP contribution in [0.3, 0.4) is 0 Å². The van der Waals surface area contributed by atoms with Crippen molar-refractivity contribution >= 4 is 16.7 Å². The van der Waals surface area contributed by atoms with Crippen molar-refractivity contribution in [2.24, 2.45) is 4.99 Å². The van der Waals surface area contributed by atoms with E-state index in [-0.39, 0.29) is 0 Å². The molecule has 1 heterocycles. The van der Waals surface area contributed by atoms with Gasteiger partial charge in [0, 0.05) is 38.4 Å². The van der Waals surface area contributed by atoms with Gasteiger partial charge < -0.3 is 15.4 Å². The van der Waals surface area contributed by atoms with E-state index in [4.69, 9.17) is 4.74 Å². The Hall–Kier alpha value is -2.14. The number of benzene rings is 1. The molecule has 0 saturated carbocycles. The molecule has 2 rings (SSSR count). The van der Waals surface area contributed by atoms with Gasteiger partial charge in [0.1, 0.15) is 0 Å². The molecule has 0 atom stereocenters. The highest BCUT2D eigenvalue weighted by Crippen LogP contribution is 2.15. The Morgan fingerprint density at radius 1 is 1.23 bits per heavy atom. The van der Waals surface area contributed by atoms with Gasteiger partial charge in [-0.05, 0) is 24.8 Å². The second kappa shape index (κ2) is 9.00. The average molecular weight is 300 g/mol. The maximum atomic E-state index is 5.32. The summed E-state index contributed by atoms with van der Waals surface area (Å²) in [5, 5.41) is 8.96. The van der Waals surface area contributed by atoms with E-state index in [9.17, 15) is 0 Å². The first-order valence-electron chi connectivity index (χ1n) is 7.70. The van der Waals surface area contributed by atoms with Crippen molar-refractivity contribution < 1.29 is 4.74 Å². The molecule has 1 aromatic heterocycles. The van der Waals surface area contributed by atoms with Crippen LogP contribution in [0.25, 0.3) is 10.8 Å². The number of aliphatic imine (C=N–C) groups is 1. The zero-order chi connectivity index (χ0) is 15.6. The first-order valence-corrected chi connectivity index (χ1v) is 7.70. The van der Waals surface area contributed by atoms with Gasteiger partial charge in [0.25, 0.3) is 0 Å². The summed E-state index contributed by atoms with van der Waals surface area (Å²) in [5.41, 5.74) is 1.02. The maximum Gasteiger partial charge on any atom is 0.191 e. The van der Waals surface area contributed by atoms with E-state index in [1.54, 1.807) is 7.05 Å². The number of ether oxygens (including phenoxy) is 1. The lowest BCUT2D eigenvalue weighted by atomic mass is 10.1. The summed E-state index contributed by atoms with van der Waals surface area (Å²) in [6.45, 7) is 5.02. The summed E-state index contributed by atoms with van der Waals surface area (Å²) >= 11 is 0. The number of nitrogens with zero attached hydrogens (tertiary/aromatic N) is 2. The molecular formula is C17H24N4O. The van der Waals surface area contributed by atoms with Gasteiger partial charge >= 0.3 is 0 Å². The molecule has 0 spiro atoms. The van der Waals surface area contributed by atoms with Crippen molar-refractivity contribution in [1.82, 2.24) is 15.6 Å². The standard InChI is InChI=1S/C17H24N4O/c1-3-22-12-6-10-20-17(18-2)21-13-16-15-8-5-4-7-14(15)9-11-19-16/h4-5,7-9,11H,3,6,10,12-13H2,1-2H3,(H2,18,20,21). The molecule has 2 N–H and O–H groups in total. The third-order valence-corrected chi connectivity index (χ3v) is 3.37. The Bertz CT molecular complexity index is 607. The molecule has 22 heavy (non-hydrogen) atoms. The van der Waals surface area contributed by atoms with Crippen LogP contribution in [0.15, 0.2) is 41.5 Å². The van der Waals surface area contributed by atoms with Crippen LogP contribution in [0.4, 0.5) is 0 Å². The molecule has 118 valence electrons. The Balaban J connectivity index is 1.87. The topological polar surface area (TPSA) is 58.5 Å². The summed E-state index contributed by atoms with van der Waals surface area (Å²) in [7, 11) is 1.77. The average Bonchev–Trinajstić information content (AvgIpc) is 2.57. The minimum Gasteiger partial charge on any atom is -0.382 e. The largest absolute Gasteiger partial charge is 0.382 e. The Morgan fingerprint density at radius 3 is 2.91 bits per heavy atom. The van der Waals surface area contributed by atoms with Crippen molar-refractivity contribution in [2.75, 3.05) is 26.8 Å². The molecule has 0 aliphatic rings. The number of hydrogen-bond donors (Lipinski definition) is 2. The van der Waals surface area contributed by atoms with Crippen LogP contribution in [0, 0.1) is 0 Å². The molecule has 0 aliphatic heterocycles. The van der Waals surface area contributed by atoms with Crippen molar-refractivity contribution in [3.8, 4) is 0 Å².